The number of halogens is 2. The molecule has 1 aliphatic rings. The molecule has 0 spiro atoms. The molecule has 1 amide bonds. The van der Waals surface area contributed by atoms with Gasteiger partial charge in [0.05, 0.1) is 10.0 Å². The molecule has 2 atom stereocenters. The Balaban J connectivity index is 2.05. The Bertz CT molecular complexity index is 493. The molecule has 0 aliphatic carbocycles. The average molecular weight is 315 g/mol. The van der Waals surface area contributed by atoms with Crippen molar-refractivity contribution in [3.8, 4) is 0 Å². The van der Waals surface area contributed by atoms with Gasteiger partial charge < -0.3 is 10.2 Å². The lowest BCUT2D eigenvalue weighted by Gasteiger charge is -2.33. The first-order valence-electron chi connectivity index (χ1n) is 6.96. The molecule has 1 heterocycles. The lowest BCUT2D eigenvalue weighted by atomic mass is 10.00. The molecule has 3 nitrogen and oxygen atoms in total. The number of nitrogens with one attached hydrogen (secondary N) is 1. The van der Waals surface area contributed by atoms with Crippen LogP contribution in [-0.4, -0.2) is 30.4 Å². The van der Waals surface area contributed by atoms with Gasteiger partial charge in [0, 0.05) is 32.1 Å². The molecule has 1 aromatic carbocycles. The molecule has 1 N–H and O–H groups in total. The zero-order chi connectivity index (χ0) is 14.7. The molecule has 1 saturated heterocycles. The van der Waals surface area contributed by atoms with Crippen LogP contribution in [0.4, 0.5) is 0 Å². The van der Waals surface area contributed by atoms with Crippen LogP contribution in [0.25, 0.3) is 0 Å². The first kappa shape index (κ1) is 15.6. The Morgan fingerprint density at radius 3 is 2.75 bits per heavy atom. The Hall–Kier alpha value is -0.770. The van der Waals surface area contributed by atoms with Gasteiger partial charge in [0.15, 0.2) is 0 Å². The molecule has 20 heavy (non-hydrogen) atoms. The Morgan fingerprint density at radius 2 is 2.15 bits per heavy atom. The molecular formula is C15H20Cl2N2O. The van der Waals surface area contributed by atoms with Gasteiger partial charge in [0.1, 0.15) is 0 Å². The number of likely N-dealkylation sites (N-methyl/N-ethyl adjacent to an activating group) is 1. The van der Waals surface area contributed by atoms with Gasteiger partial charge >= 0.3 is 0 Å². The molecular weight excluding hydrogens is 295 g/mol. The summed E-state index contributed by atoms with van der Waals surface area (Å²) in [6, 6.07) is 6.32. The van der Waals surface area contributed by atoms with E-state index in [4.69, 9.17) is 23.2 Å². The van der Waals surface area contributed by atoms with Gasteiger partial charge in [-0.1, -0.05) is 36.2 Å². The topological polar surface area (TPSA) is 32.3 Å². The summed E-state index contributed by atoms with van der Waals surface area (Å²) >= 11 is 12.0. The average Bonchev–Trinajstić information content (AvgIpc) is 2.43. The van der Waals surface area contributed by atoms with Gasteiger partial charge in [0.25, 0.3) is 0 Å². The fraction of sp³-hybridized carbons (Fsp3) is 0.533. The lowest BCUT2D eigenvalue weighted by Crippen LogP contribution is -2.47. The second kappa shape index (κ2) is 6.79. The van der Waals surface area contributed by atoms with Crippen LogP contribution in [0.5, 0.6) is 0 Å². The summed E-state index contributed by atoms with van der Waals surface area (Å²) < 4.78 is 0. The highest BCUT2D eigenvalue weighted by Crippen LogP contribution is 2.27. The Kier molecular flexibility index (Phi) is 5.30. The van der Waals surface area contributed by atoms with Crippen molar-refractivity contribution >= 4 is 29.1 Å². The van der Waals surface area contributed by atoms with E-state index in [1.54, 1.807) is 4.90 Å². The van der Waals surface area contributed by atoms with E-state index in [1.807, 2.05) is 25.2 Å². The second-order valence-electron chi connectivity index (χ2n) is 5.31. The molecule has 2 rings (SSSR count). The molecule has 2 unspecified atom stereocenters. The van der Waals surface area contributed by atoms with Gasteiger partial charge in [-0.15, -0.1) is 0 Å². The highest BCUT2D eigenvalue weighted by Gasteiger charge is 2.24. The summed E-state index contributed by atoms with van der Waals surface area (Å²) in [4.78, 5) is 13.3. The van der Waals surface area contributed by atoms with E-state index in [1.165, 1.54) is 0 Å². The van der Waals surface area contributed by atoms with Gasteiger partial charge in [-0.05, 0) is 30.5 Å². The molecule has 1 aromatic rings. The quantitative estimate of drug-likeness (QED) is 0.920. The molecule has 1 aliphatic heterocycles. The normalized spacial score (nSPS) is 21.1. The molecule has 5 heteroatoms. The van der Waals surface area contributed by atoms with Gasteiger partial charge in [-0.2, -0.15) is 0 Å². The Morgan fingerprint density at radius 1 is 1.40 bits per heavy atom. The number of amides is 1. The number of likely N-dealkylation sites (tertiary alicyclic amines) is 1. The number of rotatable bonds is 4. The number of nitrogens with zero attached hydrogens (tertiary/aromatic N) is 1. The molecule has 0 saturated carbocycles. The highest BCUT2D eigenvalue weighted by molar-refractivity contribution is 6.42. The monoisotopic (exact) mass is 314 g/mol. The van der Waals surface area contributed by atoms with E-state index in [0.717, 1.165) is 24.9 Å². The number of carbonyl (C=O) groups excluding carboxylic acids is 1. The van der Waals surface area contributed by atoms with Crippen LogP contribution in [0.1, 0.15) is 37.8 Å². The Labute approximate surface area is 130 Å². The van der Waals surface area contributed by atoms with Crippen molar-refractivity contribution in [2.75, 3.05) is 13.6 Å². The van der Waals surface area contributed by atoms with Gasteiger partial charge in [-0.25, -0.2) is 0 Å². The summed E-state index contributed by atoms with van der Waals surface area (Å²) in [5.74, 6) is 0.227. The second-order valence-corrected chi connectivity index (χ2v) is 6.13. The van der Waals surface area contributed by atoms with Gasteiger partial charge in [-0.3, -0.25) is 4.79 Å². The highest BCUT2D eigenvalue weighted by atomic mass is 35.5. The van der Waals surface area contributed by atoms with Crippen LogP contribution in [-0.2, 0) is 4.79 Å². The van der Waals surface area contributed by atoms with Crippen molar-refractivity contribution in [3.05, 3.63) is 33.8 Å². The number of carbonyl (C=O) groups is 1. The third kappa shape index (κ3) is 3.66. The standard InChI is InChI=1S/C15H20Cl2N2O/c1-3-14(10-4-6-12(16)13(17)8-10)18-11-5-7-15(20)19(2)9-11/h4,6,8,11,14,18H,3,5,7,9H2,1-2H3. The summed E-state index contributed by atoms with van der Waals surface area (Å²) in [5, 5.41) is 4.78. The van der Waals surface area contributed by atoms with E-state index in [9.17, 15) is 4.79 Å². The van der Waals surface area contributed by atoms with Crippen LogP contribution in [0.3, 0.4) is 0 Å². The minimum absolute atomic E-state index is 0.227. The van der Waals surface area contributed by atoms with Crippen molar-refractivity contribution in [2.24, 2.45) is 0 Å². The van der Waals surface area contributed by atoms with Crippen LogP contribution >= 0.6 is 23.2 Å². The van der Waals surface area contributed by atoms with E-state index < -0.39 is 0 Å². The van der Waals surface area contributed by atoms with Crippen LogP contribution in [0, 0.1) is 0 Å². The van der Waals surface area contributed by atoms with E-state index in [-0.39, 0.29) is 11.9 Å². The number of benzene rings is 1. The maximum absolute atomic E-state index is 11.5. The van der Waals surface area contributed by atoms with Crippen LogP contribution < -0.4 is 5.32 Å². The van der Waals surface area contributed by atoms with Crippen molar-refractivity contribution in [3.63, 3.8) is 0 Å². The predicted octanol–water partition coefficient (Wildman–Crippen LogP) is 3.65. The van der Waals surface area contributed by atoms with Crippen LogP contribution in [0.15, 0.2) is 18.2 Å². The largest absolute Gasteiger partial charge is 0.344 e. The van der Waals surface area contributed by atoms with Crippen molar-refractivity contribution in [2.45, 2.75) is 38.3 Å². The first-order valence-corrected chi connectivity index (χ1v) is 7.71. The smallest absolute Gasteiger partial charge is 0.222 e. The fourth-order valence-corrected chi connectivity index (χ4v) is 2.92. The van der Waals surface area contributed by atoms with Crippen molar-refractivity contribution in [1.82, 2.24) is 10.2 Å². The zero-order valence-corrected chi connectivity index (χ0v) is 13.3. The summed E-state index contributed by atoms with van der Waals surface area (Å²) in [6.07, 6.45) is 2.47. The summed E-state index contributed by atoms with van der Waals surface area (Å²) in [5.41, 5.74) is 1.14. The minimum atomic E-state index is 0.227. The fourth-order valence-electron chi connectivity index (χ4n) is 2.61. The predicted molar refractivity (Wildman–Crippen MR) is 83.3 cm³/mol. The van der Waals surface area contributed by atoms with E-state index in [2.05, 4.69) is 12.2 Å². The van der Waals surface area contributed by atoms with Gasteiger partial charge in [0.2, 0.25) is 5.91 Å². The molecule has 0 aromatic heterocycles. The number of hydrogen-bond donors (Lipinski definition) is 1. The third-order valence-electron chi connectivity index (χ3n) is 3.82. The maximum Gasteiger partial charge on any atom is 0.222 e. The molecule has 0 radical (unpaired) electrons. The molecule has 0 bridgehead atoms. The lowest BCUT2D eigenvalue weighted by molar-refractivity contribution is -0.132. The SMILES string of the molecule is CCC(NC1CCC(=O)N(C)C1)c1ccc(Cl)c(Cl)c1. The maximum atomic E-state index is 11.5. The van der Waals surface area contributed by atoms with E-state index in [0.29, 0.717) is 22.5 Å². The van der Waals surface area contributed by atoms with E-state index >= 15 is 0 Å². The van der Waals surface area contributed by atoms with Crippen molar-refractivity contribution in [1.29, 1.82) is 0 Å². The first-order chi connectivity index (χ1) is 9.51. The number of hydrogen-bond acceptors (Lipinski definition) is 2. The van der Waals surface area contributed by atoms with Crippen LogP contribution in [0.2, 0.25) is 10.0 Å². The zero-order valence-electron chi connectivity index (χ0n) is 11.8. The molecule has 110 valence electrons. The number of piperidine rings is 1. The molecule has 1 fully saturated rings. The summed E-state index contributed by atoms with van der Waals surface area (Å²) in [6.45, 7) is 2.90. The third-order valence-corrected chi connectivity index (χ3v) is 4.56. The summed E-state index contributed by atoms with van der Waals surface area (Å²) in [7, 11) is 1.86. The minimum Gasteiger partial charge on any atom is -0.344 e. The van der Waals surface area contributed by atoms with Crippen molar-refractivity contribution < 1.29 is 4.79 Å².